The molecule has 0 aliphatic carbocycles. The fourth-order valence-electron chi connectivity index (χ4n) is 0.768. The van der Waals surface area contributed by atoms with Gasteiger partial charge in [-0.25, -0.2) is 8.42 Å². The number of hydrogen-bond acceptors (Lipinski definition) is 3. The van der Waals surface area contributed by atoms with Crippen LogP contribution in [0.4, 0.5) is 0 Å². The van der Waals surface area contributed by atoms with E-state index in [2.05, 4.69) is 5.32 Å². The molecular weight excluding hydrogens is 126 g/mol. The molecule has 1 heterocycles. The molecule has 1 N–H and O–H groups in total. The monoisotopic (exact) mass is 135 g/mol. The summed E-state index contributed by atoms with van der Waals surface area (Å²) in [6.07, 6.45) is 0. The molecule has 1 fully saturated rings. The van der Waals surface area contributed by atoms with E-state index < -0.39 is 9.84 Å². The average molecular weight is 135 g/mol. The van der Waals surface area contributed by atoms with Crippen LogP contribution in [0.3, 0.4) is 0 Å². The summed E-state index contributed by atoms with van der Waals surface area (Å²) in [5, 5.41) is 2.82. The second-order valence-corrected chi connectivity index (χ2v) is 4.27. The highest BCUT2D eigenvalue weighted by Gasteiger charge is 2.22. The standard InChI is InChI=1S/C4H9NO2S/c1-4-2-8(6,7)3-5-4/h4-5H,2-3H2,1H3. The molecule has 1 unspecified atom stereocenters. The Bertz CT molecular complexity index is 172. The zero-order chi connectivity index (χ0) is 6.20. The van der Waals surface area contributed by atoms with Gasteiger partial charge in [0, 0.05) is 6.04 Å². The van der Waals surface area contributed by atoms with Crippen molar-refractivity contribution in [2.24, 2.45) is 0 Å². The Kier molecular flexibility index (Phi) is 1.28. The van der Waals surface area contributed by atoms with Gasteiger partial charge in [-0.1, -0.05) is 0 Å². The highest BCUT2D eigenvalue weighted by molar-refractivity contribution is 7.91. The van der Waals surface area contributed by atoms with E-state index in [9.17, 15) is 8.42 Å². The van der Waals surface area contributed by atoms with Gasteiger partial charge in [-0.15, -0.1) is 0 Å². The second-order valence-electron chi connectivity index (χ2n) is 2.16. The van der Waals surface area contributed by atoms with Gasteiger partial charge in [-0.2, -0.15) is 0 Å². The first-order valence-electron chi connectivity index (χ1n) is 2.54. The van der Waals surface area contributed by atoms with E-state index in [1.54, 1.807) is 0 Å². The molecule has 1 aliphatic rings. The van der Waals surface area contributed by atoms with Crippen molar-refractivity contribution in [1.29, 1.82) is 0 Å². The Morgan fingerprint density at radius 1 is 1.62 bits per heavy atom. The number of sulfone groups is 1. The maximum atomic E-state index is 10.6. The molecule has 48 valence electrons. The van der Waals surface area contributed by atoms with Gasteiger partial charge in [-0.05, 0) is 6.92 Å². The third-order valence-corrected chi connectivity index (χ3v) is 2.77. The van der Waals surface area contributed by atoms with Crippen LogP contribution in [0.25, 0.3) is 0 Å². The fourth-order valence-corrected chi connectivity index (χ4v) is 2.30. The minimum Gasteiger partial charge on any atom is -0.300 e. The molecule has 1 aliphatic heterocycles. The quantitative estimate of drug-likeness (QED) is 0.480. The van der Waals surface area contributed by atoms with Crippen LogP contribution in [0.5, 0.6) is 0 Å². The van der Waals surface area contributed by atoms with Crippen LogP contribution in [0.1, 0.15) is 6.92 Å². The van der Waals surface area contributed by atoms with E-state index >= 15 is 0 Å². The summed E-state index contributed by atoms with van der Waals surface area (Å²) in [7, 11) is -2.71. The first-order valence-corrected chi connectivity index (χ1v) is 4.36. The van der Waals surface area contributed by atoms with E-state index in [0.29, 0.717) is 5.75 Å². The molecule has 0 radical (unpaired) electrons. The predicted molar refractivity (Wildman–Crippen MR) is 31.3 cm³/mol. The summed E-state index contributed by atoms with van der Waals surface area (Å²) >= 11 is 0. The molecule has 3 nitrogen and oxygen atoms in total. The van der Waals surface area contributed by atoms with Crippen LogP contribution in [0.2, 0.25) is 0 Å². The lowest BCUT2D eigenvalue weighted by Gasteiger charge is -1.92. The zero-order valence-electron chi connectivity index (χ0n) is 4.72. The summed E-state index contributed by atoms with van der Waals surface area (Å²) in [4.78, 5) is 0. The Morgan fingerprint density at radius 2 is 2.25 bits per heavy atom. The summed E-state index contributed by atoms with van der Waals surface area (Å²) in [5.41, 5.74) is 0. The van der Waals surface area contributed by atoms with Crippen molar-refractivity contribution in [2.45, 2.75) is 13.0 Å². The largest absolute Gasteiger partial charge is 0.300 e. The molecule has 1 atom stereocenters. The molecule has 0 amide bonds. The number of nitrogens with one attached hydrogen (secondary N) is 1. The third kappa shape index (κ3) is 1.20. The van der Waals surface area contributed by atoms with Crippen molar-refractivity contribution in [3.8, 4) is 0 Å². The van der Waals surface area contributed by atoms with Crippen molar-refractivity contribution >= 4 is 9.84 Å². The van der Waals surface area contributed by atoms with Crippen molar-refractivity contribution in [1.82, 2.24) is 5.32 Å². The predicted octanol–water partition coefficient (Wildman–Crippen LogP) is -0.650. The lowest BCUT2D eigenvalue weighted by atomic mass is 10.4. The van der Waals surface area contributed by atoms with Crippen molar-refractivity contribution < 1.29 is 8.42 Å². The number of hydrogen-bond donors (Lipinski definition) is 1. The van der Waals surface area contributed by atoms with Gasteiger partial charge in [0.05, 0.1) is 11.6 Å². The SMILES string of the molecule is CC1CS(=O)(=O)CN1. The van der Waals surface area contributed by atoms with Gasteiger partial charge in [0.15, 0.2) is 9.84 Å². The molecule has 0 saturated carbocycles. The van der Waals surface area contributed by atoms with Crippen LogP contribution in [0, 0.1) is 0 Å². The maximum absolute atomic E-state index is 10.6. The lowest BCUT2D eigenvalue weighted by Crippen LogP contribution is -2.18. The summed E-state index contributed by atoms with van der Waals surface area (Å²) in [5.74, 6) is 0.459. The van der Waals surface area contributed by atoms with E-state index in [-0.39, 0.29) is 11.9 Å². The van der Waals surface area contributed by atoms with Gasteiger partial charge < -0.3 is 5.32 Å². The zero-order valence-corrected chi connectivity index (χ0v) is 5.53. The van der Waals surface area contributed by atoms with E-state index in [1.165, 1.54) is 0 Å². The molecule has 1 rings (SSSR count). The van der Waals surface area contributed by atoms with Gasteiger partial charge in [0.2, 0.25) is 0 Å². The van der Waals surface area contributed by atoms with Gasteiger partial charge in [-0.3, -0.25) is 0 Å². The molecule has 0 aromatic rings. The summed E-state index contributed by atoms with van der Waals surface area (Å²) < 4.78 is 21.2. The fraction of sp³-hybridized carbons (Fsp3) is 1.00. The first-order chi connectivity index (χ1) is 3.60. The highest BCUT2D eigenvalue weighted by Crippen LogP contribution is 2.00. The van der Waals surface area contributed by atoms with Crippen LogP contribution in [-0.2, 0) is 9.84 Å². The van der Waals surface area contributed by atoms with E-state index in [0.717, 1.165) is 0 Å². The molecular formula is C4H9NO2S. The molecule has 4 heteroatoms. The van der Waals surface area contributed by atoms with E-state index in [1.807, 2.05) is 6.92 Å². The lowest BCUT2D eigenvalue weighted by molar-refractivity contribution is 0.601. The van der Waals surface area contributed by atoms with Crippen LogP contribution < -0.4 is 5.32 Å². The van der Waals surface area contributed by atoms with Crippen LogP contribution in [-0.4, -0.2) is 26.1 Å². The molecule has 8 heavy (non-hydrogen) atoms. The Morgan fingerprint density at radius 3 is 2.38 bits per heavy atom. The Labute approximate surface area is 49.0 Å². The minimum absolute atomic E-state index is 0.153. The molecule has 0 aromatic carbocycles. The third-order valence-electron chi connectivity index (χ3n) is 1.16. The Hall–Kier alpha value is -0.0900. The molecule has 0 bridgehead atoms. The van der Waals surface area contributed by atoms with Crippen molar-refractivity contribution in [2.75, 3.05) is 11.6 Å². The minimum atomic E-state index is -2.71. The van der Waals surface area contributed by atoms with Crippen LogP contribution >= 0.6 is 0 Å². The number of rotatable bonds is 0. The first kappa shape index (κ1) is 6.04. The molecule has 1 saturated heterocycles. The highest BCUT2D eigenvalue weighted by atomic mass is 32.2. The van der Waals surface area contributed by atoms with Gasteiger partial charge >= 0.3 is 0 Å². The average Bonchev–Trinajstić information content (AvgIpc) is 1.82. The topological polar surface area (TPSA) is 46.2 Å². The van der Waals surface area contributed by atoms with Crippen molar-refractivity contribution in [3.05, 3.63) is 0 Å². The maximum Gasteiger partial charge on any atom is 0.164 e. The Balaban J connectivity index is 2.71. The smallest absolute Gasteiger partial charge is 0.164 e. The normalized spacial score (nSPS) is 35.4. The van der Waals surface area contributed by atoms with Gasteiger partial charge in [0.25, 0.3) is 0 Å². The van der Waals surface area contributed by atoms with Crippen molar-refractivity contribution in [3.63, 3.8) is 0 Å². The summed E-state index contributed by atoms with van der Waals surface area (Å²) in [6, 6.07) is 0.153. The molecule has 0 spiro atoms. The molecule has 0 aromatic heterocycles. The summed E-state index contributed by atoms with van der Waals surface area (Å²) in [6.45, 7) is 1.87. The van der Waals surface area contributed by atoms with E-state index in [4.69, 9.17) is 0 Å². The second kappa shape index (κ2) is 1.70. The van der Waals surface area contributed by atoms with Crippen LogP contribution in [0.15, 0.2) is 0 Å². The van der Waals surface area contributed by atoms with Gasteiger partial charge in [0.1, 0.15) is 0 Å².